The van der Waals surface area contributed by atoms with Crippen LogP contribution in [0.15, 0.2) is 41.4 Å². The lowest BCUT2D eigenvalue weighted by molar-refractivity contribution is 0.122. The van der Waals surface area contributed by atoms with E-state index in [0.717, 1.165) is 36.7 Å². The number of hydrogen-bond acceptors (Lipinski definition) is 6. The van der Waals surface area contributed by atoms with E-state index in [1.165, 1.54) is 0 Å². The molecular weight excluding hydrogens is 340 g/mol. The van der Waals surface area contributed by atoms with Crippen molar-refractivity contribution in [1.82, 2.24) is 9.97 Å². The van der Waals surface area contributed by atoms with Crippen LogP contribution in [0.4, 0.5) is 5.95 Å². The largest absolute Gasteiger partial charge is 0.378 e. The number of primary sulfonamides is 1. The molecule has 1 saturated carbocycles. The van der Waals surface area contributed by atoms with Crippen molar-refractivity contribution in [3.05, 3.63) is 47.8 Å². The van der Waals surface area contributed by atoms with Gasteiger partial charge in [0.15, 0.2) is 0 Å². The van der Waals surface area contributed by atoms with Crippen molar-refractivity contribution in [2.45, 2.75) is 23.2 Å². The van der Waals surface area contributed by atoms with Crippen LogP contribution in [0.5, 0.6) is 0 Å². The molecule has 1 aromatic heterocycles. The second kappa shape index (κ2) is 6.36. The number of hydrogen-bond donors (Lipinski definition) is 1. The Bertz CT molecular complexity index is 864. The maximum atomic E-state index is 11.4. The van der Waals surface area contributed by atoms with Gasteiger partial charge in [-0.05, 0) is 36.1 Å². The summed E-state index contributed by atoms with van der Waals surface area (Å²) < 4.78 is 28.1. The van der Waals surface area contributed by atoms with Crippen LogP contribution >= 0.6 is 0 Å². The molecule has 1 aromatic carbocycles. The molecule has 132 valence electrons. The first-order chi connectivity index (χ1) is 12.0. The number of nitrogens with zero attached hydrogens (tertiary/aromatic N) is 3. The normalized spacial score (nSPS) is 23.5. The SMILES string of the molecule is NS(=O)(=O)c1ccc(C2CC2c2ccnc(N3CCOCC3)n2)cc1. The van der Waals surface area contributed by atoms with E-state index in [2.05, 4.69) is 9.88 Å². The van der Waals surface area contributed by atoms with Crippen LogP contribution in [0.2, 0.25) is 0 Å². The number of rotatable bonds is 4. The zero-order valence-electron chi connectivity index (χ0n) is 13.7. The van der Waals surface area contributed by atoms with Gasteiger partial charge in [0.05, 0.1) is 18.1 Å². The lowest BCUT2D eigenvalue weighted by Crippen LogP contribution is -2.37. The minimum atomic E-state index is -3.64. The van der Waals surface area contributed by atoms with Gasteiger partial charge >= 0.3 is 0 Å². The number of benzene rings is 1. The smallest absolute Gasteiger partial charge is 0.238 e. The Kier molecular flexibility index (Phi) is 4.18. The fourth-order valence-corrected chi connectivity index (χ4v) is 3.79. The summed E-state index contributed by atoms with van der Waals surface area (Å²) in [5.41, 5.74) is 2.15. The van der Waals surface area contributed by atoms with Gasteiger partial charge < -0.3 is 9.64 Å². The summed E-state index contributed by atoms with van der Waals surface area (Å²) in [5.74, 6) is 1.47. The van der Waals surface area contributed by atoms with Gasteiger partial charge in [0.1, 0.15) is 0 Å². The molecule has 2 aromatic rings. The lowest BCUT2D eigenvalue weighted by Gasteiger charge is -2.26. The van der Waals surface area contributed by atoms with Gasteiger partial charge in [-0.15, -0.1) is 0 Å². The van der Waals surface area contributed by atoms with Crippen LogP contribution in [0.3, 0.4) is 0 Å². The Morgan fingerprint density at radius 2 is 1.80 bits per heavy atom. The topological polar surface area (TPSA) is 98.4 Å². The van der Waals surface area contributed by atoms with Crippen molar-refractivity contribution in [1.29, 1.82) is 0 Å². The summed E-state index contributed by atoms with van der Waals surface area (Å²) in [6, 6.07) is 8.79. The van der Waals surface area contributed by atoms with Crippen LogP contribution < -0.4 is 10.0 Å². The Hall–Kier alpha value is -2.03. The van der Waals surface area contributed by atoms with E-state index in [4.69, 9.17) is 14.9 Å². The van der Waals surface area contributed by atoms with Crippen molar-refractivity contribution in [3.63, 3.8) is 0 Å². The molecule has 0 spiro atoms. The Morgan fingerprint density at radius 1 is 1.08 bits per heavy atom. The first-order valence-corrected chi connectivity index (χ1v) is 9.85. The van der Waals surface area contributed by atoms with Crippen molar-refractivity contribution in [3.8, 4) is 0 Å². The fraction of sp³-hybridized carbons (Fsp3) is 0.412. The predicted molar refractivity (Wildman–Crippen MR) is 93.0 cm³/mol. The highest BCUT2D eigenvalue weighted by Crippen LogP contribution is 2.54. The average Bonchev–Trinajstić information content (AvgIpc) is 3.43. The molecule has 2 unspecified atom stereocenters. The van der Waals surface area contributed by atoms with Gasteiger partial charge in [0.2, 0.25) is 16.0 Å². The molecule has 4 rings (SSSR count). The summed E-state index contributed by atoms with van der Waals surface area (Å²) in [6.07, 6.45) is 2.82. The maximum absolute atomic E-state index is 11.4. The molecule has 2 aliphatic rings. The highest BCUT2D eigenvalue weighted by molar-refractivity contribution is 7.89. The van der Waals surface area contributed by atoms with Crippen molar-refractivity contribution in [2.24, 2.45) is 5.14 Å². The Labute approximate surface area is 146 Å². The van der Waals surface area contributed by atoms with Crippen LogP contribution in [-0.2, 0) is 14.8 Å². The minimum Gasteiger partial charge on any atom is -0.378 e. The molecule has 1 aliphatic heterocycles. The van der Waals surface area contributed by atoms with Gasteiger partial charge in [-0.2, -0.15) is 0 Å². The quantitative estimate of drug-likeness (QED) is 0.881. The highest BCUT2D eigenvalue weighted by atomic mass is 32.2. The van der Waals surface area contributed by atoms with Crippen LogP contribution in [0, 0.1) is 0 Å². The van der Waals surface area contributed by atoms with Gasteiger partial charge in [0.25, 0.3) is 0 Å². The zero-order chi connectivity index (χ0) is 17.4. The number of sulfonamides is 1. The number of nitrogens with two attached hydrogens (primary N) is 1. The van der Waals surface area contributed by atoms with Gasteiger partial charge in [-0.25, -0.2) is 23.5 Å². The lowest BCUT2D eigenvalue weighted by atomic mass is 10.1. The third kappa shape index (κ3) is 3.51. The second-order valence-corrected chi connectivity index (χ2v) is 8.01. The second-order valence-electron chi connectivity index (χ2n) is 6.44. The molecule has 2 heterocycles. The van der Waals surface area contributed by atoms with E-state index in [-0.39, 0.29) is 4.90 Å². The Morgan fingerprint density at radius 3 is 2.48 bits per heavy atom. The molecule has 2 atom stereocenters. The summed E-state index contributed by atoms with van der Waals surface area (Å²) >= 11 is 0. The van der Waals surface area contributed by atoms with Crippen LogP contribution in [-0.4, -0.2) is 44.7 Å². The molecule has 25 heavy (non-hydrogen) atoms. The van der Waals surface area contributed by atoms with E-state index in [1.54, 1.807) is 12.1 Å². The van der Waals surface area contributed by atoms with E-state index >= 15 is 0 Å². The molecule has 1 aliphatic carbocycles. The molecule has 0 amide bonds. The summed E-state index contributed by atoms with van der Waals surface area (Å²) in [7, 11) is -3.64. The average molecular weight is 360 g/mol. The van der Waals surface area contributed by atoms with Gasteiger partial charge in [-0.1, -0.05) is 12.1 Å². The fourth-order valence-electron chi connectivity index (χ4n) is 3.28. The molecule has 8 heteroatoms. The molecular formula is C17H20N4O3S. The van der Waals surface area contributed by atoms with Crippen LogP contribution in [0.25, 0.3) is 0 Å². The number of aromatic nitrogens is 2. The third-order valence-corrected chi connectivity index (χ3v) is 5.69. The molecule has 7 nitrogen and oxygen atoms in total. The Balaban J connectivity index is 1.49. The first kappa shape index (κ1) is 16.4. The molecule has 2 fully saturated rings. The monoisotopic (exact) mass is 360 g/mol. The van der Waals surface area contributed by atoms with Crippen molar-refractivity contribution >= 4 is 16.0 Å². The van der Waals surface area contributed by atoms with Crippen molar-refractivity contribution in [2.75, 3.05) is 31.2 Å². The molecule has 0 bridgehead atoms. The third-order valence-electron chi connectivity index (χ3n) is 4.77. The van der Waals surface area contributed by atoms with E-state index in [1.807, 2.05) is 24.4 Å². The number of ether oxygens (including phenoxy) is 1. The van der Waals surface area contributed by atoms with E-state index < -0.39 is 10.0 Å². The summed E-state index contributed by atoms with van der Waals surface area (Å²) in [5, 5.41) is 5.15. The molecule has 2 N–H and O–H groups in total. The zero-order valence-corrected chi connectivity index (χ0v) is 14.5. The minimum absolute atomic E-state index is 0.144. The van der Waals surface area contributed by atoms with E-state index in [9.17, 15) is 8.42 Å². The maximum Gasteiger partial charge on any atom is 0.238 e. The molecule has 0 radical (unpaired) electrons. The first-order valence-electron chi connectivity index (χ1n) is 8.31. The van der Waals surface area contributed by atoms with Crippen LogP contribution in [0.1, 0.15) is 29.5 Å². The molecule has 1 saturated heterocycles. The summed E-state index contributed by atoms with van der Waals surface area (Å²) in [6.45, 7) is 3.03. The number of morpholine rings is 1. The number of anilines is 1. The van der Waals surface area contributed by atoms with Crippen molar-refractivity contribution < 1.29 is 13.2 Å². The van der Waals surface area contributed by atoms with E-state index in [0.29, 0.717) is 25.0 Å². The highest BCUT2D eigenvalue weighted by Gasteiger charge is 2.41. The van der Waals surface area contributed by atoms with Gasteiger partial charge in [-0.3, -0.25) is 0 Å². The van der Waals surface area contributed by atoms with Gasteiger partial charge in [0, 0.05) is 30.9 Å². The predicted octanol–water partition coefficient (Wildman–Crippen LogP) is 1.23. The summed E-state index contributed by atoms with van der Waals surface area (Å²) in [4.78, 5) is 11.4. The standard InChI is InChI=1S/C17H20N4O3S/c18-25(22,23)13-3-1-12(2-4-13)14-11-15(14)16-5-6-19-17(20-16)21-7-9-24-10-8-21/h1-6,14-15H,7-11H2,(H2,18,22,23).